The lowest BCUT2D eigenvalue weighted by atomic mass is 9.46. The summed E-state index contributed by atoms with van der Waals surface area (Å²) in [7, 11) is 0. The average Bonchev–Trinajstić information content (AvgIpc) is 2.96. The van der Waals surface area contributed by atoms with Crippen LogP contribution in [0.25, 0.3) is 0 Å². The first-order valence-corrected chi connectivity index (χ1v) is 10.8. The number of hydrogen-bond donors (Lipinski definition) is 2. The number of carbonyl (C=O) groups excluding carboxylic acids is 1. The second kappa shape index (κ2) is 7.00. The summed E-state index contributed by atoms with van der Waals surface area (Å²) in [5.74, 6) is 3.05. The van der Waals surface area contributed by atoms with Gasteiger partial charge in [0.15, 0.2) is 0 Å². The fourth-order valence-electron chi connectivity index (χ4n) is 7.62. The summed E-state index contributed by atoms with van der Waals surface area (Å²) in [6, 6.07) is 0. The molecule has 152 valence electrons. The van der Waals surface area contributed by atoms with Gasteiger partial charge in [0, 0.05) is 11.6 Å². The van der Waals surface area contributed by atoms with E-state index in [2.05, 4.69) is 25.9 Å². The Labute approximate surface area is 167 Å². The second-order valence-corrected chi connectivity index (χ2v) is 10.1. The summed E-state index contributed by atoms with van der Waals surface area (Å²) in [6.07, 6.45) is 12.5. The summed E-state index contributed by atoms with van der Waals surface area (Å²) < 4.78 is 0. The van der Waals surface area contributed by atoms with Crippen LogP contribution in [0.4, 0.5) is 0 Å². The molecular weight excluding hydrogens is 352 g/mol. The number of aliphatic carboxylic acids is 1. The summed E-state index contributed by atoms with van der Waals surface area (Å²) in [5, 5.41) is 20.2. The first-order valence-electron chi connectivity index (χ1n) is 10.8. The highest BCUT2D eigenvalue weighted by molar-refractivity contribution is 5.79. The van der Waals surface area contributed by atoms with E-state index in [4.69, 9.17) is 5.11 Å². The molecule has 3 fully saturated rings. The van der Waals surface area contributed by atoms with Gasteiger partial charge in [-0.1, -0.05) is 25.5 Å². The molecule has 0 aromatic carbocycles. The van der Waals surface area contributed by atoms with Gasteiger partial charge in [0.25, 0.3) is 0 Å². The lowest BCUT2D eigenvalue weighted by Gasteiger charge is -2.60. The van der Waals surface area contributed by atoms with Crippen LogP contribution >= 0.6 is 0 Å². The van der Waals surface area contributed by atoms with Crippen LogP contribution in [0.5, 0.6) is 0 Å². The molecule has 28 heavy (non-hydrogen) atoms. The third-order valence-electron chi connectivity index (χ3n) is 8.94. The number of aliphatic hydroxyl groups is 1. The maximum absolute atomic E-state index is 11.4. The van der Waals surface area contributed by atoms with Crippen molar-refractivity contribution in [2.75, 3.05) is 0 Å². The Hall–Kier alpha value is -1.64. The summed E-state index contributed by atoms with van der Waals surface area (Å²) >= 11 is 0. The van der Waals surface area contributed by atoms with Crippen molar-refractivity contribution < 1.29 is 19.8 Å². The van der Waals surface area contributed by atoms with Crippen LogP contribution in [0.3, 0.4) is 0 Å². The second-order valence-electron chi connectivity index (χ2n) is 10.1. The van der Waals surface area contributed by atoms with Crippen LogP contribution in [0.2, 0.25) is 0 Å². The predicted octanol–water partition coefficient (Wildman–Crippen LogP) is 4.33. The molecular formula is C24H32O4. The van der Waals surface area contributed by atoms with Crippen molar-refractivity contribution in [3.8, 4) is 0 Å². The number of carboxylic acids is 1. The van der Waals surface area contributed by atoms with Crippen LogP contribution in [-0.2, 0) is 9.59 Å². The van der Waals surface area contributed by atoms with Crippen LogP contribution in [0.1, 0.15) is 65.2 Å². The average molecular weight is 385 g/mol. The molecule has 7 unspecified atom stereocenters. The zero-order valence-corrected chi connectivity index (χ0v) is 17.0. The minimum atomic E-state index is -0.885. The van der Waals surface area contributed by atoms with Gasteiger partial charge in [-0.05, 0) is 91.9 Å². The van der Waals surface area contributed by atoms with Gasteiger partial charge in [-0.2, -0.15) is 0 Å². The van der Waals surface area contributed by atoms with Gasteiger partial charge < -0.3 is 10.2 Å². The molecule has 0 amide bonds. The molecule has 0 spiro atoms. The van der Waals surface area contributed by atoms with E-state index >= 15 is 0 Å². The van der Waals surface area contributed by atoms with E-state index < -0.39 is 5.97 Å². The molecule has 4 aliphatic carbocycles. The molecule has 3 saturated carbocycles. The van der Waals surface area contributed by atoms with E-state index in [9.17, 15) is 14.7 Å². The van der Waals surface area contributed by atoms with Gasteiger partial charge >= 0.3 is 5.97 Å². The Morgan fingerprint density at radius 1 is 1.29 bits per heavy atom. The Bertz CT molecular complexity index is 773. The van der Waals surface area contributed by atoms with Gasteiger partial charge in [-0.15, -0.1) is 0 Å². The molecule has 4 nitrogen and oxygen atoms in total. The molecule has 0 bridgehead atoms. The van der Waals surface area contributed by atoms with Crippen LogP contribution in [-0.4, -0.2) is 28.2 Å². The molecule has 0 radical (unpaired) electrons. The van der Waals surface area contributed by atoms with Gasteiger partial charge in [0.05, 0.1) is 6.10 Å². The molecule has 0 saturated heterocycles. The first-order chi connectivity index (χ1) is 13.3. The fourth-order valence-corrected chi connectivity index (χ4v) is 7.62. The lowest BCUT2D eigenvalue weighted by Crippen LogP contribution is -2.56. The molecule has 0 aliphatic heterocycles. The van der Waals surface area contributed by atoms with Crippen molar-refractivity contribution in [3.05, 3.63) is 29.4 Å². The Morgan fingerprint density at radius 3 is 2.79 bits per heavy atom. The Balaban J connectivity index is 1.61. The number of hydrogen-bond acceptors (Lipinski definition) is 3. The summed E-state index contributed by atoms with van der Waals surface area (Å²) in [4.78, 5) is 22.0. The number of carbonyl (C=O) groups is 1. The zero-order chi connectivity index (χ0) is 20.1. The normalized spacial score (nSPS) is 45.0. The molecule has 4 rings (SSSR count). The molecule has 4 aliphatic rings. The SMILES string of the molecule is CC12CCC(=C=O)C=C1CCC1C2C(O)CC2(C)C(C/C=C\C(=O)O)CCC12. The topological polar surface area (TPSA) is 74.6 Å². The van der Waals surface area contributed by atoms with Crippen molar-refractivity contribution in [1.82, 2.24) is 0 Å². The largest absolute Gasteiger partial charge is 0.478 e. The molecule has 2 N–H and O–H groups in total. The van der Waals surface area contributed by atoms with E-state index in [1.807, 2.05) is 0 Å². The highest BCUT2D eigenvalue weighted by Gasteiger charge is 2.61. The quantitative estimate of drug-likeness (QED) is 0.561. The molecule has 7 atom stereocenters. The van der Waals surface area contributed by atoms with Crippen LogP contribution in [0.15, 0.2) is 29.4 Å². The Morgan fingerprint density at radius 2 is 2.07 bits per heavy atom. The summed E-state index contributed by atoms with van der Waals surface area (Å²) in [5.41, 5.74) is 2.21. The number of allylic oxidation sites excluding steroid dienone is 4. The van der Waals surface area contributed by atoms with Crippen molar-refractivity contribution >= 4 is 11.9 Å². The maximum atomic E-state index is 11.4. The lowest BCUT2D eigenvalue weighted by molar-refractivity contribution is -0.131. The van der Waals surface area contributed by atoms with Gasteiger partial charge in [0.2, 0.25) is 0 Å². The van der Waals surface area contributed by atoms with E-state index in [1.165, 1.54) is 18.1 Å². The fraction of sp³-hybridized carbons (Fsp3) is 0.708. The standard InChI is InChI=1S/C24H32O4/c1-23-11-10-15(14-25)12-17(23)6-8-18-19-9-7-16(4-3-5-21(27)28)24(19,2)13-20(26)22(18)23/h3,5,12,16,18-20,22,26H,4,6-11,13H2,1-2H3,(H,27,28)/b5-3-. The van der Waals surface area contributed by atoms with Crippen molar-refractivity contribution in [1.29, 1.82) is 0 Å². The van der Waals surface area contributed by atoms with E-state index in [0.717, 1.165) is 50.5 Å². The molecule has 0 aromatic rings. The van der Waals surface area contributed by atoms with Crippen molar-refractivity contribution in [2.24, 2.45) is 34.5 Å². The molecule has 4 heteroatoms. The van der Waals surface area contributed by atoms with Gasteiger partial charge in [-0.25, -0.2) is 9.59 Å². The summed E-state index contributed by atoms with van der Waals surface area (Å²) in [6.45, 7) is 4.65. The van der Waals surface area contributed by atoms with E-state index in [1.54, 1.807) is 6.08 Å². The number of rotatable bonds is 3. The molecule has 0 aromatic heterocycles. The van der Waals surface area contributed by atoms with Crippen molar-refractivity contribution in [2.45, 2.75) is 71.3 Å². The highest BCUT2D eigenvalue weighted by Crippen LogP contribution is 2.67. The van der Waals surface area contributed by atoms with Crippen LogP contribution in [0, 0.1) is 34.5 Å². The minimum absolute atomic E-state index is 0.00862. The third-order valence-corrected chi connectivity index (χ3v) is 8.94. The number of fused-ring (bicyclic) bond motifs is 5. The Kier molecular flexibility index (Phi) is 4.92. The molecule has 0 heterocycles. The van der Waals surface area contributed by atoms with Crippen molar-refractivity contribution in [3.63, 3.8) is 0 Å². The number of aliphatic hydroxyl groups excluding tert-OH is 1. The van der Waals surface area contributed by atoms with Gasteiger partial charge in [0.1, 0.15) is 5.94 Å². The minimum Gasteiger partial charge on any atom is -0.478 e. The predicted molar refractivity (Wildman–Crippen MR) is 107 cm³/mol. The maximum Gasteiger partial charge on any atom is 0.327 e. The third kappa shape index (κ3) is 2.93. The monoisotopic (exact) mass is 384 g/mol. The van der Waals surface area contributed by atoms with E-state index in [-0.39, 0.29) is 22.9 Å². The van der Waals surface area contributed by atoms with Gasteiger partial charge in [-0.3, -0.25) is 0 Å². The number of carboxylic acid groups (broad SMARTS) is 1. The smallest absolute Gasteiger partial charge is 0.327 e. The van der Waals surface area contributed by atoms with E-state index in [0.29, 0.717) is 17.8 Å². The first kappa shape index (κ1) is 19.7. The highest BCUT2D eigenvalue weighted by atomic mass is 16.4. The zero-order valence-electron chi connectivity index (χ0n) is 17.0. The van der Waals surface area contributed by atoms with Crippen LogP contribution < -0.4 is 0 Å².